The fourth-order valence-electron chi connectivity index (χ4n) is 2.07. The Morgan fingerprint density at radius 1 is 1.29 bits per heavy atom. The molecule has 0 aromatic carbocycles. The molecule has 0 saturated carbocycles. The van der Waals surface area contributed by atoms with E-state index in [1.54, 1.807) is 16.2 Å². The van der Waals surface area contributed by atoms with Crippen molar-refractivity contribution < 1.29 is 0 Å². The van der Waals surface area contributed by atoms with E-state index in [1.807, 2.05) is 18.4 Å². The first-order valence-electron chi connectivity index (χ1n) is 5.90. The molecular weight excluding hydrogens is 250 g/mol. The van der Waals surface area contributed by atoms with Crippen LogP contribution in [0.15, 0.2) is 6.07 Å². The molecule has 0 bridgehead atoms. The predicted molar refractivity (Wildman–Crippen MR) is 72.7 cm³/mol. The molecule has 5 heteroatoms. The Labute approximate surface area is 109 Å². The molecule has 1 N–H and O–H groups in total. The summed E-state index contributed by atoms with van der Waals surface area (Å²) in [6.07, 6.45) is 3.81. The minimum atomic E-state index is 0.285. The smallest absolute Gasteiger partial charge is 0.157 e. The number of nitrogens with zero attached hydrogens (tertiary/aromatic N) is 2. The van der Waals surface area contributed by atoms with Crippen LogP contribution < -0.4 is 5.32 Å². The number of thiophene rings is 1. The highest BCUT2D eigenvalue weighted by Crippen LogP contribution is 2.38. The molecule has 3 nitrogen and oxygen atoms in total. The summed E-state index contributed by atoms with van der Waals surface area (Å²) in [6, 6.07) is 2.59. The van der Waals surface area contributed by atoms with Gasteiger partial charge in [0.1, 0.15) is 5.01 Å². The van der Waals surface area contributed by atoms with Gasteiger partial charge in [-0.15, -0.1) is 21.5 Å². The molecule has 2 aromatic rings. The Hall–Kier alpha value is -0.780. The van der Waals surface area contributed by atoms with Crippen molar-refractivity contribution in [2.24, 2.45) is 0 Å². The van der Waals surface area contributed by atoms with Crippen molar-refractivity contribution >= 4 is 22.7 Å². The van der Waals surface area contributed by atoms with Crippen molar-refractivity contribution in [2.75, 3.05) is 7.05 Å². The minimum absolute atomic E-state index is 0.285. The van der Waals surface area contributed by atoms with Crippen LogP contribution in [0, 0.1) is 0 Å². The van der Waals surface area contributed by atoms with Crippen molar-refractivity contribution in [3.63, 3.8) is 0 Å². The van der Waals surface area contributed by atoms with Crippen molar-refractivity contribution in [1.82, 2.24) is 15.5 Å². The lowest BCUT2D eigenvalue weighted by molar-refractivity contribution is 0.640. The van der Waals surface area contributed by atoms with Gasteiger partial charge in [-0.2, -0.15) is 0 Å². The summed E-state index contributed by atoms with van der Waals surface area (Å²) in [5.41, 5.74) is 1.53. The summed E-state index contributed by atoms with van der Waals surface area (Å²) < 4.78 is 0. The normalized spacial score (nSPS) is 16.1. The predicted octanol–water partition coefficient (Wildman–Crippen LogP) is 3.04. The van der Waals surface area contributed by atoms with E-state index >= 15 is 0 Å². The number of hydrogen-bond donors (Lipinski definition) is 1. The molecule has 90 valence electrons. The van der Waals surface area contributed by atoms with Gasteiger partial charge in [-0.05, 0) is 44.9 Å². The zero-order valence-electron chi connectivity index (χ0n) is 9.99. The summed E-state index contributed by atoms with van der Waals surface area (Å²) in [6.45, 7) is 2.11. The number of rotatable bonds is 3. The van der Waals surface area contributed by atoms with Crippen molar-refractivity contribution in [1.29, 1.82) is 0 Å². The van der Waals surface area contributed by atoms with E-state index in [4.69, 9.17) is 0 Å². The van der Waals surface area contributed by atoms with Gasteiger partial charge in [-0.25, -0.2) is 0 Å². The van der Waals surface area contributed by atoms with Gasteiger partial charge in [0, 0.05) is 4.88 Å². The lowest BCUT2D eigenvalue weighted by Gasteiger charge is -2.02. The lowest BCUT2D eigenvalue weighted by Crippen LogP contribution is -2.11. The van der Waals surface area contributed by atoms with Crippen LogP contribution in [0.5, 0.6) is 0 Å². The van der Waals surface area contributed by atoms with Gasteiger partial charge >= 0.3 is 0 Å². The summed E-state index contributed by atoms with van der Waals surface area (Å²) >= 11 is 3.60. The van der Waals surface area contributed by atoms with Crippen LogP contribution in [0.3, 0.4) is 0 Å². The Morgan fingerprint density at radius 2 is 2.18 bits per heavy atom. The van der Waals surface area contributed by atoms with Crippen LogP contribution in [-0.4, -0.2) is 17.2 Å². The maximum absolute atomic E-state index is 4.31. The third-order valence-electron chi connectivity index (χ3n) is 3.20. The molecule has 0 radical (unpaired) electrons. The molecule has 0 spiro atoms. The number of aromatic nitrogens is 2. The highest BCUT2D eigenvalue weighted by atomic mass is 32.1. The second kappa shape index (κ2) is 4.48. The third-order valence-corrected chi connectivity index (χ3v) is 5.71. The van der Waals surface area contributed by atoms with E-state index in [2.05, 4.69) is 28.5 Å². The van der Waals surface area contributed by atoms with E-state index < -0.39 is 0 Å². The van der Waals surface area contributed by atoms with E-state index in [0.29, 0.717) is 0 Å². The zero-order valence-corrected chi connectivity index (χ0v) is 11.6. The summed E-state index contributed by atoms with van der Waals surface area (Å²) in [5, 5.41) is 13.9. The van der Waals surface area contributed by atoms with Gasteiger partial charge in [0.25, 0.3) is 0 Å². The first-order valence-corrected chi connectivity index (χ1v) is 7.54. The largest absolute Gasteiger partial charge is 0.311 e. The molecule has 2 heterocycles. The monoisotopic (exact) mass is 265 g/mol. The highest BCUT2D eigenvalue weighted by Gasteiger charge is 2.18. The zero-order chi connectivity index (χ0) is 11.8. The Balaban J connectivity index is 1.90. The number of fused-ring (bicyclic) bond motifs is 1. The fraction of sp³-hybridized carbons (Fsp3) is 0.500. The second-order valence-corrected chi connectivity index (χ2v) is 6.51. The number of nitrogens with one attached hydrogen (secondary N) is 1. The van der Waals surface area contributed by atoms with Crippen LogP contribution in [0.1, 0.15) is 34.8 Å². The molecule has 1 aliphatic carbocycles. The standard InChI is InChI=1S/C12H15N3S2/c1-7(13-2)11-14-15-12(17-11)10-6-8-4-3-5-9(8)16-10/h6-7,13H,3-5H2,1-2H3. The fourth-order valence-corrected chi connectivity index (χ4v) is 4.27. The maximum atomic E-state index is 4.31. The van der Waals surface area contributed by atoms with E-state index in [0.717, 1.165) is 10.0 Å². The Morgan fingerprint density at radius 3 is 2.94 bits per heavy atom. The van der Waals surface area contributed by atoms with Crippen LogP contribution in [0.2, 0.25) is 0 Å². The Kier molecular flexibility index (Phi) is 2.98. The molecule has 0 fully saturated rings. The van der Waals surface area contributed by atoms with Gasteiger partial charge in [-0.3, -0.25) is 0 Å². The average molecular weight is 265 g/mol. The first-order chi connectivity index (χ1) is 8.28. The minimum Gasteiger partial charge on any atom is -0.311 e. The van der Waals surface area contributed by atoms with Gasteiger partial charge < -0.3 is 5.32 Å². The highest BCUT2D eigenvalue weighted by molar-refractivity contribution is 7.21. The second-order valence-electron chi connectivity index (χ2n) is 4.37. The Bertz CT molecular complexity index is 508. The quantitative estimate of drug-likeness (QED) is 0.927. The lowest BCUT2D eigenvalue weighted by atomic mass is 10.2. The van der Waals surface area contributed by atoms with Crippen LogP contribution in [-0.2, 0) is 12.8 Å². The molecule has 0 amide bonds. The first kappa shape index (κ1) is 11.3. The van der Waals surface area contributed by atoms with Crippen LogP contribution in [0.25, 0.3) is 9.88 Å². The topological polar surface area (TPSA) is 37.8 Å². The van der Waals surface area contributed by atoms with Crippen LogP contribution in [0.4, 0.5) is 0 Å². The summed E-state index contributed by atoms with van der Waals surface area (Å²) in [5.74, 6) is 0. The summed E-state index contributed by atoms with van der Waals surface area (Å²) in [4.78, 5) is 2.85. The van der Waals surface area contributed by atoms with Crippen molar-refractivity contribution in [3.8, 4) is 9.88 Å². The molecule has 0 aliphatic heterocycles. The molecule has 0 saturated heterocycles. The van der Waals surface area contributed by atoms with Gasteiger partial charge in [0.15, 0.2) is 5.01 Å². The molecular formula is C12H15N3S2. The van der Waals surface area contributed by atoms with Crippen LogP contribution >= 0.6 is 22.7 Å². The van der Waals surface area contributed by atoms with Gasteiger partial charge in [0.05, 0.1) is 10.9 Å². The van der Waals surface area contributed by atoms with Gasteiger partial charge in [-0.1, -0.05) is 11.3 Å². The molecule has 1 atom stereocenters. The number of aryl methyl sites for hydroxylation is 2. The third kappa shape index (κ3) is 2.03. The summed E-state index contributed by atoms with van der Waals surface area (Å²) in [7, 11) is 1.95. The average Bonchev–Trinajstić information content (AvgIpc) is 3.00. The molecule has 2 aromatic heterocycles. The maximum Gasteiger partial charge on any atom is 0.157 e. The molecule has 1 aliphatic rings. The van der Waals surface area contributed by atoms with E-state index in [-0.39, 0.29) is 6.04 Å². The van der Waals surface area contributed by atoms with Crippen molar-refractivity contribution in [2.45, 2.75) is 32.2 Å². The van der Waals surface area contributed by atoms with E-state index in [1.165, 1.54) is 29.7 Å². The van der Waals surface area contributed by atoms with Crippen molar-refractivity contribution in [3.05, 3.63) is 21.5 Å². The molecule has 1 unspecified atom stereocenters. The molecule has 17 heavy (non-hydrogen) atoms. The van der Waals surface area contributed by atoms with Gasteiger partial charge in [0.2, 0.25) is 0 Å². The number of hydrogen-bond acceptors (Lipinski definition) is 5. The van der Waals surface area contributed by atoms with E-state index in [9.17, 15) is 0 Å². The SMILES string of the molecule is CNC(C)c1nnc(-c2cc3c(s2)CCC3)s1. The molecule has 3 rings (SSSR count).